The predicted octanol–water partition coefficient (Wildman–Crippen LogP) is 2.62. The van der Waals surface area contributed by atoms with Crippen molar-refractivity contribution in [2.45, 2.75) is 26.3 Å². The molecule has 0 atom stereocenters. The second-order valence-electron chi connectivity index (χ2n) is 8.11. The molecule has 31 heavy (non-hydrogen) atoms. The molecule has 1 aromatic carbocycles. The summed E-state index contributed by atoms with van der Waals surface area (Å²) in [4.78, 5) is 15.1. The van der Waals surface area contributed by atoms with Gasteiger partial charge in [-0.15, -0.1) is 22.6 Å². The van der Waals surface area contributed by atoms with Crippen molar-refractivity contribution in [2.75, 3.05) is 36.5 Å². The fraction of sp³-hybridized carbons (Fsp3) is 0.429. The van der Waals surface area contributed by atoms with Crippen LogP contribution in [0.5, 0.6) is 5.75 Å². The van der Waals surface area contributed by atoms with Gasteiger partial charge in [-0.1, -0.05) is 0 Å². The van der Waals surface area contributed by atoms with Crippen molar-refractivity contribution in [1.82, 2.24) is 25.3 Å². The van der Waals surface area contributed by atoms with Crippen LogP contribution in [0.15, 0.2) is 30.5 Å². The lowest BCUT2D eigenvalue weighted by Gasteiger charge is -2.39. The molecule has 1 amide bonds. The average Bonchev–Trinajstić information content (AvgIpc) is 3.06. The Labute approximate surface area is 187 Å². The molecule has 1 aliphatic rings. The number of piperazine rings is 1. The Kier molecular flexibility index (Phi) is 6.66. The van der Waals surface area contributed by atoms with Gasteiger partial charge in [0.1, 0.15) is 5.75 Å². The molecule has 3 heterocycles. The van der Waals surface area contributed by atoms with Crippen LogP contribution in [0.25, 0.3) is 10.9 Å². The molecule has 166 valence electrons. The fourth-order valence-electron chi connectivity index (χ4n) is 3.71. The van der Waals surface area contributed by atoms with E-state index in [0.29, 0.717) is 23.7 Å². The van der Waals surface area contributed by atoms with Gasteiger partial charge in [0, 0.05) is 49.9 Å². The third-order valence-electron chi connectivity index (χ3n) is 5.05. The van der Waals surface area contributed by atoms with Gasteiger partial charge in [0.25, 0.3) is 5.91 Å². The summed E-state index contributed by atoms with van der Waals surface area (Å²) >= 11 is 0. The highest BCUT2D eigenvalue weighted by molar-refractivity contribution is 6.08. The summed E-state index contributed by atoms with van der Waals surface area (Å²) in [7, 11) is 1.84. The third kappa shape index (κ3) is 5.05. The van der Waals surface area contributed by atoms with Gasteiger partial charge in [0.15, 0.2) is 11.6 Å². The Bertz CT molecular complexity index is 1070. The maximum Gasteiger partial charge on any atom is 0.260 e. The van der Waals surface area contributed by atoms with Crippen LogP contribution in [-0.4, -0.2) is 57.7 Å². The average molecular weight is 446 g/mol. The van der Waals surface area contributed by atoms with Gasteiger partial charge in [-0.05, 0) is 39.0 Å². The van der Waals surface area contributed by atoms with Gasteiger partial charge in [-0.3, -0.25) is 9.48 Å². The van der Waals surface area contributed by atoms with Crippen molar-refractivity contribution >= 4 is 40.9 Å². The van der Waals surface area contributed by atoms with Crippen molar-refractivity contribution in [3.63, 3.8) is 0 Å². The molecule has 9 nitrogen and oxygen atoms in total. The van der Waals surface area contributed by atoms with Crippen LogP contribution in [0.3, 0.4) is 0 Å². The third-order valence-corrected chi connectivity index (χ3v) is 5.05. The maximum absolute atomic E-state index is 12.9. The smallest absolute Gasteiger partial charge is 0.260 e. The molecule has 1 aliphatic heterocycles. The maximum atomic E-state index is 12.9. The second-order valence-corrected chi connectivity index (χ2v) is 8.11. The molecule has 0 saturated carbocycles. The highest BCUT2D eigenvalue weighted by Crippen LogP contribution is 2.26. The number of rotatable bonds is 5. The van der Waals surface area contributed by atoms with E-state index in [0.717, 1.165) is 36.4 Å². The van der Waals surface area contributed by atoms with Crippen molar-refractivity contribution in [1.29, 1.82) is 0 Å². The zero-order valence-electron chi connectivity index (χ0n) is 18.2. The number of ether oxygens (including phenoxy) is 1. The number of hydrogen-bond acceptors (Lipinski definition) is 7. The number of aromatic nitrogens is 4. The number of benzene rings is 1. The summed E-state index contributed by atoms with van der Waals surface area (Å²) in [6.45, 7) is 9.26. The normalized spacial score (nSPS) is 15.4. The Morgan fingerprint density at radius 1 is 1.29 bits per heavy atom. The lowest BCUT2D eigenvalue weighted by atomic mass is 10.0. The van der Waals surface area contributed by atoms with Gasteiger partial charge < -0.3 is 20.3 Å². The van der Waals surface area contributed by atoms with E-state index in [9.17, 15) is 4.79 Å². The molecular weight excluding hydrogens is 418 g/mol. The highest BCUT2D eigenvalue weighted by Gasteiger charge is 2.26. The molecule has 0 radical (unpaired) electrons. The number of carbonyl (C=O) groups excluding carboxylic acids is 1. The largest absolute Gasteiger partial charge is 0.493 e. The first kappa shape index (κ1) is 22.8. The fourth-order valence-corrected chi connectivity index (χ4v) is 3.71. The van der Waals surface area contributed by atoms with Gasteiger partial charge in [0.2, 0.25) is 0 Å². The number of carbonyl (C=O) groups is 1. The van der Waals surface area contributed by atoms with Gasteiger partial charge in [-0.25, -0.2) is 0 Å². The number of hydrogen-bond donors (Lipinski definition) is 2. The number of fused-ring (bicyclic) bond motifs is 1. The number of amides is 1. The van der Waals surface area contributed by atoms with Crippen LogP contribution in [0.1, 0.15) is 31.1 Å². The summed E-state index contributed by atoms with van der Waals surface area (Å²) in [5.74, 6) is 1.39. The van der Waals surface area contributed by atoms with Gasteiger partial charge >= 0.3 is 0 Å². The first-order valence-corrected chi connectivity index (χ1v) is 10.1. The van der Waals surface area contributed by atoms with E-state index in [4.69, 9.17) is 4.74 Å². The molecule has 0 spiro atoms. The first-order valence-electron chi connectivity index (χ1n) is 10.1. The van der Waals surface area contributed by atoms with Crippen molar-refractivity contribution in [3.8, 4) is 5.75 Å². The molecule has 1 saturated heterocycles. The van der Waals surface area contributed by atoms with E-state index in [1.807, 2.05) is 26.2 Å². The number of nitrogens with zero attached hydrogens (tertiary/aromatic N) is 5. The SMILES string of the molecule is CCOc1cc2nn(C)cc2cc1C(=O)Nc1ccc(N2CCNC(C)(C)C2)nn1.Cl. The molecular formula is C21H28ClN7O2. The van der Waals surface area contributed by atoms with Crippen molar-refractivity contribution in [3.05, 3.63) is 36.0 Å². The summed E-state index contributed by atoms with van der Waals surface area (Å²) in [6.07, 6.45) is 1.87. The van der Waals surface area contributed by atoms with Gasteiger partial charge in [0.05, 0.1) is 17.7 Å². The summed E-state index contributed by atoms with van der Waals surface area (Å²) in [6, 6.07) is 7.23. The molecule has 0 aliphatic carbocycles. The zero-order chi connectivity index (χ0) is 21.3. The van der Waals surface area contributed by atoms with E-state index in [-0.39, 0.29) is 23.9 Å². The predicted molar refractivity (Wildman–Crippen MR) is 123 cm³/mol. The Balaban J connectivity index is 0.00000272. The quantitative estimate of drug-likeness (QED) is 0.623. The Hall–Kier alpha value is -2.91. The minimum absolute atomic E-state index is 0. The van der Waals surface area contributed by atoms with Crippen molar-refractivity contribution < 1.29 is 9.53 Å². The van der Waals surface area contributed by atoms with Crippen LogP contribution in [0.4, 0.5) is 11.6 Å². The molecule has 10 heteroatoms. The first-order chi connectivity index (χ1) is 14.3. The van der Waals surface area contributed by atoms with Gasteiger partial charge in [-0.2, -0.15) is 5.10 Å². The minimum atomic E-state index is -0.297. The molecule has 4 rings (SSSR count). The van der Waals surface area contributed by atoms with Crippen LogP contribution in [0.2, 0.25) is 0 Å². The van der Waals surface area contributed by atoms with E-state index < -0.39 is 0 Å². The van der Waals surface area contributed by atoms with Crippen LogP contribution >= 0.6 is 12.4 Å². The minimum Gasteiger partial charge on any atom is -0.493 e. The molecule has 2 aromatic heterocycles. The number of anilines is 2. The van der Waals surface area contributed by atoms with Crippen LogP contribution < -0.4 is 20.3 Å². The Morgan fingerprint density at radius 2 is 2.10 bits per heavy atom. The van der Waals surface area contributed by atoms with E-state index in [1.165, 1.54) is 0 Å². The summed E-state index contributed by atoms with van der Waals surface area (Å²) in [5, 5.41) is 20.1. The molecule has 0 unspecified atom stereocenters. The van der Waals surface area contributed by atoms with Crippen LogP contribution in [0, 0.1) is 0 Å². The van der Waals surface area contributed by atoms with E-state index in [1.54, 1.807) is 22.9 Å². The highest BCUT2D eigenvalue weighted by atomic mass is 35.5. The van der Waals surface area contributed by atoms with Crippen molar-refractivity contribution in [2.24, 2.45) is 7.05 Å². The van der Waals surface area contributed by atoms with Crippen LogP contribution in [-0.2, 0) is 7.05 Å². The second kappa shape index (κ2) is 9.07. The topological polar surface area (TPSA) is 97.2 Å². The standard InChI is InChI=1S/C21H27N7O2.ClH/c1-5-30-17-11-16-14(12-27(4)26-16)10-15(17)20(29)23-18-6-7-19(25-24-18)28-9-8-22-21(2,3)13-28;/h6-7,10-12,22H,5,8-9,13H2,1-4H3,(H,23,24,29);1H. The Morgan fingerprint density at radius 3 is 2.77 bits per heavy atom. The molecule has 1 fully saturated rings. The summed E-state index contributed by atoms with van der Waals surface area (Å²) < 4.78 is 7.38. The van der Waals surface area contributed by atoms with E-state index in [2.05, 4.69) is 44.7 Å². The number of halogens is 1. The summed E-state index contributed by atoms with van der Waals surface area (Å²) in [5.41, 5.74) is 1.24. The lowest BCUT2D eigenvalue weighted by molar-refractivity contribution is 0.102. The number of nitrogens with one attached hydrogen (secondary N) is 2. The lowest BCUT2D eigenvalue weighted by Crippen LogP contribution is -2.57. The van der Waals surface area contributed by atoms with E-state index >= 15 is 0 Å². The number of aryl methyl sites for hydroxylation is 1. The zero-order valence-corrected chi connectivity index (χ0v) is 19.0. The molecule has 0 bridgehead atoms. The monoisotopic (exact) mass is 445 g/mol. The molecule has 2 N–H and O–H groups in total. The molecule has 3 aromatic rings.